The SMILES string of the molecule is C.CCCc1ccc(COCCN2CCCCC2)cc1. The molecular formula is C18H31NO. The number of nitrogens with zero attached hydrogens (tertiary/aromatic N) is 1. The van der Waals surface area contributed by atoms with Crippen LogP contribution in [0.25, 0.3) is 0 Å². The molecule has 1 aromatic carbocycles. The van der Waals surface area contributed by atoms with Gasteiger partial charge in [0.15, 0.2) is 0 Å². The second-order valence-corrected chi connectivity index (χ2v) is 5.52. The normalized spacial score (nSPS) is 15.8. The van der Waals surface area contributed by atoms with Gasteiger partial charge in [0.1, 0.15) is 0 Å². The Bertz CT molecular complexity index is 341. The van der Waals surface area contributed by atoms with Gasteiger partial charge in [-0.15, -0.1) is 0 Å². The van der Waals surface area contributed by atoms with Crippen LogP contribution in [0.3, 0.4) is 0 Å². The molecule has 1 fully saturated rings. The first-order valence-electron chi connectivity index (χ1n) is 7.76. The summed E-state index contributed by atoms with van der Waals surface area (Å²) in [5.74, 6) is 0. The van der Waals surface area contributed by atoms with Gasteiger partial charge in [-0.3, -0.25) is 0 Å². The van der Waals surface area contributed by atoms with Crippen molar-refractivity contribution < 1.29 is 4.74 Å². The average Bonchev–Trinajstić information content (AvgIpc) is 2.47. The van der Waals surface area contributed by atoms with Gasteiger partial charge in [0, 0.05) is 6.54 Å². The van der Waals surface area contributed by atoms with Crippen LogP contribution >= 0.6 is 0 Å². The molecule has 1 heterocycles. The fourth-order valence-corrected chi connectivity index (χ4v) is 2.66. The lowest BCUT2D eigenvalue weighted by molar-refractivity contribution is 0.0863. The summed E-state index contributed by atoms with van der Waals surface area (Å²) in [5.41, 5.74) is 2.72. The van der Waals surface area contributed by atoms with Crippen molar-refractivity contribution in [1.82, 2.24) is 4.90 Å². The lowest BCUT2D eigenvalue weighted by Gasteiger charge is -2.26. The Labute approximate surface area is 125 Å². The summed E-state index contributed by atoms with van der Waals surface area (Å²) >= 11 is 0. The molecule has 0 aliphatic carbocycles. The maximum Gasteiger partial charge on any atom is 0.0717 e. The van der Waals surface area contributed by atoms with Gasteiger partial charge < -0.3 is 9.64 Å². The Morgan fingerprint density at radius 2 is 1.65 bits per heavy atom. The molecule has 0 spiro atoms. The first kappa shape index (κ1) is 17.2. The van der Waals surface area contributed by atoms with Crippen molar-refractivity contribution in [2.24, 2.45) is 0 Å². The van der Waals surface area contributed by atoms with Crippen LogP contribution < -0.4 is 0 Å². The van der Waals surface area contributed by atoms with Crippen LogP contribution in [0.1, 0.15) is 51.2 Å². The van der Waals surface area contributed by atoms with Crippen LogP contribution in [0.4, 0.5) is 0 Å². The summed E-state index contributed by atoms with van der Waals surface area (Å²) in [6.45, 7) is 7.44. The Morgan fingerprint density at radius 1 is 1.00 bits per heavy atom. The number of rotatable bonds is 7. The standard InChI is InChI=1S/C17H27NO.CH4/c1-2-6-16-7-9-17(10-8-16)15-19-14-13-18-11-4-3-5-12-18;/h7-10H,2-6,11-15H2,1H3;1H4. The molecule has 1 saturated heterocycles. The lowest BCUT2D eigenvalue weighted by Crippen LogP contribution is -2.32. The van der Waals surface area contributed by atoms with Crippen LogP contribution in [-0.2, 0) is 17.8 Å². The van der Waals surface area contributed by atoms with Crippen molar-refractivity contribution in [3.8, 4) is 0 Å². The van der Waals surface area contributed by atoms with E-state index in [1.807, 2.05) is 0 Å². The van der Waals surface area contributed by atoms with Gasteiger partial charge in [-0.1, -0.05) is 51.5 Å². The van der Waals surface area contributed by atoms with Crippen molar-refractivity contribution in [3.63, 3.8) is 0 Å². The van der Waals surface area contributed by atoms with E-state index < -0.39 is 0 Å². The molecular weight excluding hydrogens is 246 g/mol. The monoisotopic (exact) mass is 277 g/mol. The van der Waals surface area contributed by atoms with Gasteiger partial charge in [0.25, 0.3) is 0 Å². The highest BCUT2D eigenvalue weighted by atomic mass is 16.5. The van der Waals surface area contributed by atoms with E-state index in [9.17, 15) is 0 Å². The number of hydrogen-bond acceptors (Lipinski definition) is 2. The minimum Gasteiger partial charge on any atom is -0.375 e. The summed E-state index contributed by atoms with van der Waals surface area (Å²) in [6.07, 6.45) is 6.51. The van der Waals surface area contributed by atoms with Crippen LogP contribution in [0.2, 0.25) is 0 Å². The molecule has 0 N–H and O–H groups in total. The van der Waals surface area contributed by atoms with E-state index in [1.54, 1.807) is 0 Å². The van der Waals surface area contributed by atoms with Crippen LogP contribution in [-0.4, -0.2) is 31.1 Å². The third-order valence-electron chi connectivity index (χ3n) is 3.83. The number of piperidine rings is 1. The molecule has 0 amide bonds. The fourth-order valence-electron chi connectivity index (χ4n) is 2.66. The first-order valence-corrected chi connectivity index (χ1v) is 7.76. The van der Waals surface area contributed by atoms with Crippen molar-refractivity contribution in [2.75, 3.05) is 26.2 Å². The quantitative estimate of drug-likeness (QED) is 0.690. The van der Waals surface area contributed by atoms with E-state index in [0.717, 1.165) is 19.8 Å². The summed E-state index contributed by atoms with van der Waals surface area (Å²) in [7, 11) is 0. The van der Waals surface area contributed by atoms with E-state index >= 15 is 0 Å². The largest absolute Gasteiger partial charge is 0.375 e. The highest BCUT2D eigenvalue weighted by Gasteiger charge is 2.08. The van der Waals surface area contributed by atoms with E-state index in [-0.39, 0.29) is 7.43 Å². The molecule has 0 aromatic heterocycles. The molecule has 0 atom stereocenters. The molecule has 1 aliphatic rings. The van der Waals surface area contributed by atoms with Crippen molar-refractivity contribution in [2.45, 2.75) is 53.1 Å². The smallest absolute Gasteiger partial charge is 0.0717 e. The summed E-state index contributed by atoms with van der Waals surface area (Å²) < 4.78 is 5.78. The molecule has 2 rings (SSSR count). The number of aryl methyl sites for hydroxylation is 1. The highest BCUT2D eigenvalue weighted by molar-refractivity contribution is 5.22. The van der Waals surface area contributed by atoms with Gasteiger partial charge >= 0.3 is 0 Å². The third kappa shape index (κ3) is 6.06. The van der Waals surface area contributed by atoms with E-state index in [1.165, 1.54) is 56.3 Å². The van der Waals surface area contributed by atoms with Gasteiger partial charge in [-0.05, 0) is 43.5 Å². The number of likely N-dealkylation sites (tertiary alicyclic amines) is 1. The zero-order chi connectivity index (χ0) is 13.3. The topological polar surface area (TPSA) is 12.5 Å². The molecule has 0 unspecified atom stereocenters. The molecule has 0 bridgehead atoms. The maximum absolute atomic E-state index is 5.78. The molecule has 0 saturated carbocycles. The fraction of sp³-hybridized carbons (Fsp3) is 0.667. The second kappa shape index (κ2) is 9.95. The minimum absolute atomic E-state index is 0. The lowest BCUT2D eigenvalue weighted by atomic mass is 10.1. The van der Waals surface area contributed by atoms with Gasteiger partial charge in [-0.2, -0.15) is 0 Å². The van der Waals surface area contributed by atoms with Gasteiger partial charge in [0.05, 0.1) is 13.2 Å². The Kier molecular flexibility index (Phi) is 8.56. The zero-order valence-electron chi connectivity index (χ0n) is 12.2. The first-order chi connectivity index (χ1) is 9.38. The highest BCUT2D eigenvalue weighted by Crippen LogP contribution is 2.09. The predicted molar refractivity (Wildman–Crippen MR) is 87.1 cm³/mol. The van der Waals surface area contributed by atoms with Gasteiger partial charge in [0.2, 0.25) is 0 Å². The van der Waals surface area contributed by atoms with Crippen molar-refractivity contribution >= 4 is 0 Å². The molecule has 1 aliphatic heterocycles. The third-order valence-corrected chi connectivity index (χ3v) is 3.83. The predicted octanol–water partition coefficient (Wildman–Crippen LogP) is 4.28. The van der Waals surface area contributed by atoms with E-state index in [2.05, 4.69) is 36.1 Å². The summed E-state index contributed by atoms with van der Waals surface area (Å²) in [4.78, 5) is 2.52. The van der Waals surface area contributed by atoms with E-state index in [4.69, 9.17) is 4.74 Å². The maximum atomic E-state index is 5.78. The second-order valence-electron chi connectivity index (χ2n) is 5.52. The summed E-state index contributed by atoms with van der Waals surface area (Å²) in [5, 5.41) is 0. The molecule has 0 radical (unpaired) electrons. The van der Waals surface area contributed by atoms with E-state index in [0.29, 0.717) is 0 Å². The molecule has 20 heavy (non-hydrogen) atoms. The minimum atomic E-state index is 0. The number of benzene rings is 1. The Morgan fingerprint density at radius 3 is 2.30 bits per heavy atom. The number of hydrogen-bond donors (Lipinski definition) is 0. The molecule has 1 aromatic rings. The molecule has 2 nitrogen and oxygen atoms in total. The van der Waals surface area contributed by atoms with Crippen molar-refractivity contribution in [3.05, 3.63) is 35.4 Å². The van der Waals surface area contributed by atoms with Crippen LogP contribution in [0.15, 0.2) is 24.3 Å². The average molecular weight is 277 g/mol. The Hall–Kier alpha value is -0.860. The zero-order valence-corrected chi connectivity index (χ0v) is 12.2. The Balaban J connectivity index is 0.00000200. The van der Waals surface area contributed by atoms with Crippen molar-refractivity contribution in [1.29, 1.82) is 0 Å². The van der Waals surface area contributed by atoms with Crippen LogP contribution in [0.5, 0.6) is 0 Å². The number of ether oxygens (including phenoxy) is 1. The van der Waals surface area contributed by atoms with Gasteiger partial charge in [-0.25, -0.2) is 0 Å². The molecule has 2 heteroatoms. The summed E-state index contributed by atoms with van der Waals surface area (Å²) in [6, 6.07) is 8.86. The molecule has 114 valence electrons. The van der Waals surface area contributed by atoms with Crippen LogP contribution in [0, 0.1) is 0 Å².